The number of methoxy groups -OCH3 is 1. The van der Waals surface area contributed by atoms with Gasteiger partial charge in [-0.25, -0.2) is 19.9 Å². The van der Waals surface area contributed by atoms with E-state index in [1.807, 2.05) is 25.4 Å². The molecule has 0 saturated heterocycles. The lowest BCUT2D eigenvalue weighted by atomic mass is 9.97. The second kappa shape index (κ2) is 7.05. The van der Waals surface area contributed by atoms with E-state index in [0.29, 0.717) is 5.92 Å². The summed E-state index contributed by atoms with van der Waals surface area (Å²) in [5.41, 5.74) is 2.09. The highest BCUT2D eigenvalue weighted by molar-refractivity contribution is 5.10. The molecule has 0 aliphatic rings. The summed E-state index contributed by atoms with van der Waals surface area (Å²) in [6, 6.07) is 1.96. The zero-order chi connectivity index (χ0) is 14.4. The van der Waals surface area contributed by atoms with Crippen LogP contribution < -0.4 is 0 Å². The number of ether oxygens (including phenoxy) is 1. The number of rotatable bonds is 6. The summed E-state index contributed by atoms with van der Waals surface area (Å²) in [4.78, 5) is 16.7. The fraction of sp³-hybridized carbons (Fsp3) is 0.467. The van der Waals surface area contributed by atoms with Gasteiger partial charge in [-0.3, -0.25) is 0 Å². The van der Waals surface area contributed by atoms with Crippen molar-refractivity contribution in [3.8, 4) is 0 Å². The first-order valence-electron chi connectivity index (χ1n) is 6.78. The average Bonchev–Trinajstić information content (AvgIpc) is 2.50. The third-order valence-corrected chi connectivity index (χ3v) is 3.43. The SMILES string of the molecule is COC(CCC(C)c1ccncn1)c1cnc(C)nc1. The van der Waals surface area contributed by atoms with Gasteiger partial charge in [-0.2, -0.15) is 0 Å². The monoisotopic (exact) mass is 272 g/mol. The minimum absolute atomic E-state index is 0.0277. The van der Waals surface area contributed by atoms with Gasteiger partial charge in [0, 0.05) is 37.0 Å². The molecule has 0 saturated carbocycles. The molecule has 2 aromatic rings. The van der Waals surface area contributed by atoms with E-state index in [4.69, 9.17) is 4.74 Å². The summed E-state index contributed by atoms with van der Waals surface area (Å²) in [6.07, 6.45) is 8.98. The number of aromatic nitrogens is 4. The molecule has 2 atom stereocenters. The van der Waals surface area contributed by atoms with Gasteiger partial charge in [-0.15, -0.1) is 0 Å². The quantitative estimate of drug-likeness (QED) is 0.809. The lowest BCUT2D eigenvalue weighted by Crippen LogP contribution is -2.06. The smallest absolute Gasteiger partial charge is 0.125 e. The summed E-state index contributed by atoms with van der Waals surface area (Å²) < 4.78 is 5.55. The van der Waals surface area contributed by atoms with E-state index in [1.165, 1.54) is 0 Å². The molecule has 20 heavy (non-hydrogen) atoms. The standard InChI is InChI=1S/C15H20N4O/c1-11(14-6-7-16-10-19-14)4-5-15(20-3)13-8-17-12(2)18-9-13/h6-11,15H,4-5H2,1-3H3. The Balaban J connectivity index is 1.95. The van der Waals surface area contributed by atoms with Crippen LogP contribution in [0.5, 0.6) is 0 Å². The van der Waals surface area contributed by atoms with E-state index < -0.39 is 0 Å². The predicted molar refractivity (Wildman–Crippen MR) is 76.2 cm³/mol. The minimum Gasteiger partial charge on any atom is -0.377 e. The van der Waals surface area contributed by atoms with E-state index in [2.05, 4.69) is 26.9 Å². The largest absolute Gasteiger partial charge is 0.377 e. The maximum atomic E-state index is 5.55. The Labute approximate surface area is 119 Å². The predicted octanol–water partition coefficient (Wildman–Crippen LogP) is 2.85. The molecule has 0 amide bonds. The number of hydrogen-bond acceptors (Lipinski definition) is 5. The van der Waals surface area contributed by atoms with Crippen LogP contribution in [0, 0.1) is 6.92 Å². The number of hydrogen-bond donors (Lipinski definition) is 0. The summed E-state index contributed by atoms with van der Waals surface area (Å²) in [5.74, 6) is 1.15. The Hall–Kier alpha value is -1.88. The number of aryl methyl sites for hydroxylation is 1. The van der Waals surface area contributed by atoms with Crippen LogP contribution in [0.2, 0.25) is 0 Å². The van der Waals surface area contributed by atoms with Crippen molar-refractivity contribution >= 4 is 0 Å². The van der Waals surface area contributed by atoms with Crippen LogP contribution in [0.4, 0.5) is 0 Å². The van der Waals surface area contributed by atoms with Gasteiger partial charge in [0.15, 0.2) is 0 Å². The molecular weight excluding hydrogens is 252 g/mol. The van der Waals surface area contributed by atoms with E-state index in [-0.39, 0.29) is 6.10 Å². The Morgan fingerprint density at radius 3 is 2.50 bits per heavy atom. The first-order chi connectivity index (χ1) is 9.70. The van der Waals surface area contributed by atoms with Crippen molar-refractivity contribution in [2.24, 2.45) is 0 Å². The molecule has 0 radical (unpaired) electrons. The van der Waals surface area contributed by atoms with Gasteiger partial charge in [-0.05, 0) is 31.7 Å². The van der Waals surface area contributed by atoms with Crippen molar-refractivity contribution in [2.45, 2.75) is 38.7 Å². The van der Waals surface area contributed by atoms with Gasteiger partial charge < -0.3 is 4.74 Å². The van der Waals surface area contributed by atoms with Crippen LogP contribution in [-0.4, -0.2) is 27.0 Å². The Kier molecular flexibility index (Phi) is 5.12. The average molecular weight is 272 g/mol. The molecule has 5 heteroatoms. The van der Waals surface area contributed by atoms with Crippen LogP contribution in [0.25, 0.3) is 0 Å². The van der Waals surface area contributed by atoms with E-state index >= 15 is 0 Å². The lowest BCUT2D eigenvalue weighted by Gasteiger charge is -2.17. The Bertz CT molecular complexity index is 515. The lowest BCUT2D eigenvalue weighted by molar-refractivity contribution is 0.0915. The molecule has 0 aliphatic heterocycles. The van der Waals surface area contributed by atoms with Crippen molar-refractivity contribution in [1.82, 2.24) is 19.9 Å². The third kappa shape index (κ3) is 3.81. The maximum Gasteiger partial charge on any atom is 0.125 e. The summed E-state index contributed by atoms with van der Waals surface area (Å²) in [6.45, 7) is 4.05. The Morgan fingerprint density at radius 1 is 1.15 bits per heavy atom. The molecule has 0 aliphatic carbocycles. The van der Waals surface area contributed by atoms with Crippen LogP contribution in [-0.2, 0) is 4.74 Å². The topological polar surface area (TPSA) is 60.8 Å². The molecule has 0 N–H and O–H groups in total. The van der Waals surface area contributed by atoms with Crippen molar-refractivity contribution in [3.05, 3.63) is 48.1 Å². The fourth-order valence-corrected chi connectivity index (χ4v) is 2.13. The second-order valence-corrected chi connectivity index (χ2v) is 4.90. The molecule has 5 nitrogen and oxygen atoms in total. The third-order valence-electron chi connectivity index (χ3n) is 3.43. The molecule has 0 spiro atoms. The van der Waals surface area contributed by atoms with Crippen LogP contribution in [0.15, 0.2) is 31.0 Å². The molecule has 2 heterocycles. The maximum absolute atomic E-state index is 5.55. The van der Waals surface area contributed by atoms with Crippen LogP contribution >= 0.6 is 0 Å². The van der Waals surface area contributed by atoms with Gasteiger partial charge in [0.25, 0.3) is 0 Å². The van der Waals surface area contributed by atoms with Gasteiger partial charge in [0.2, 0.25) is 0 Å². The zero-order valence-electron chi connectivity index (χ0n) is 12.2. The zero-order valence-corrected chi connectivity index (χ0v) is 12.2. The summed E-state index contributed by atoms with van der Waals surface area (Å²) in [5, 5.41) is 0. The van der Waals surface area contributed by atoms with Crippen molar-refractivity contribution in [2.75, 3.05) is 7.11 Å². The summed E-state index contributed by atoms with van der Waals surface area (Å²) >= 11 is 0. The van der Waals surface area contributed by atoms with E-state index in [1.54, 1.807) is 19.6 Å². The number of nitrogens with zero attached hydrogens (tertiary/aromatic N) is 4. The Morgan fingerprint density at radius 2 is 1.90 bits per heavy atom. The second-order valence-electron chi connectivity index (χ2n) is 4.90. The first-order valence-corrected chi connectivity index (χ1v) is 6.78. The van der Waals surface area contributed by atoms with Crippen LogP contribution in [0.3, 0.4) is 0 Å². The van der Waals surface area contributed by atoms with E-state index in [9.17, 15) is 0 Å². The molecule has 2 rings (SSSR count). The molecule has 106 valence electrons. The molecule has 0 aromatic carbocycles. The molecular formula is C15H20N4O. The fourth-order valence-electron chi connectivity index (χ4n) is 2.13. The van der Waals surface area contributed by atoms with Gasteiger partial charge >= 0.3 is 0 Å². The highest BCUT2D eigenvalue weighted by Crippen LogP contribution is 2.26. The highest BCUT2D eigenvalue weighted by Gasteiger charge is 2.14. The normalized spacial score (nSPS) is 13.9. The van der Waals surface area contributed by atoms with Gasteiger partial charge in [0.05, 0.1) is 6.10 Å². The van der Waals surface area contributed by atoms with Gasteiger partial charge in [0.1, 0.15) is 12.2 Å². The van der Waals surface area contributed by atoms with Crippen molar-refractivity contribution in [1.29, 1.82) is 0 Å². The highest BCUT2D eigenvalue weighted by atomic mass is 16.5. The molecule has 0 fully saturated rings. The summed E-state index contributed by atoms with van der Waals surface area (Å²) in [7, 11) is 1.72. The van der Waals surface area contributed by atoms with Crippen molar-refractivity contribution < 1.29 is 4.74 Å². The molecule has 2 aromatic heterocycles. The molecule has 0 bridgehead atoms. The van der Waals surface area contributed by atoms with Crippen molar-refractivity contribution in [3.63, 3.8) is 0 Å². The molecule has 2 unspecified atom stereocenters. The van der Waals surface area contributed by atoms with Gasteiger partial charge in [-0.1, -0.05) is 6.92 Å². The van der Waals surface area contributed by atoms with Crippen LogP contribution in [0.1, 0.15) is 48.9 Å². The van der Waals surface area contributed by atoms with E-state index in [0.717, 1.165) is 29.9 Å². The first kappa shape index (κ1) is 14.5. The minimum atomic E-state index is 0.0277.